The van der Waals surface area contributed by atoms with E-state index in [0.717, 1.165) is 16.5 Å². The summed E-state index contributed by atoms with van der Waals surface area (Å²) in [5.74, 6) is -0.792. The number of para-hydroxylation sites is 1. The Balaban J connectivity index is 2.39. The quantitative estimate of drug-likeness (QED) is 0.311. The molecule has 112 valence electrons. The molecule has 2 aromatic rings. The van der Waals surface area contributed by atoms with Crippen LogP contribution in [-0.2, 0) is 16.0 Å². The van der Waals surface area contributed by atoms with Gasteiger partial charge in [-0.3, -0.25) is 14.1 Å². The smallest absolute Gasteiger partial charge is 0.382 e. The van der Waals surface area contributed by atoms with E-state index in [2.05, 4.69) is 21.2 Å². The predicted octanol–water partition coefficient (Wildman–Crippen LogP) is 3.24. The molecule has 1 atom stereocenters. The van der Waals surface area contributed by atoms with Crippen molar-refractivity contribution < 1.29 is 14.5 Å². The Morgan fingerprint density at radius 1 is 1.52 bits per heavy atom. The summed E-state index contributed by atoms with van der Waals surface area (Å²) in [4.78, 5) is 22.3. The Bertz CT molecular complexity index is 673. The van der Waals surface area contributed by atoms with E-state index in [1.54, 1.807) is 13.0 Å². The first-order valence-electron chi connectivity index (χ1n) is 6.26. The number of benzene rings is 1. The van der Waals surface area contributed by atoms with Crippen LogP contribution in [0.3, 0.4) is 0 Å². The van der Waals surface area contributed by atoms with E-state index in [-0.39, 0.29) is 13.0 Å². The molecule has 0 aliphatic carbocycles. The zero-order valence-corrected chi connectivity index (χ0v) is 14.2. The van der Waals surface area contributed by atoms with Crippen molar-refractivity contribution >= 4 is 47.2 Å². The van der Waals surface area contributed by atoms with Crippen molar-refractivity contribution in [2.45, 2.75) is 19.4 Å². The summed E-state index contributed by atoms with van der Waals surface area (Å²) in [7, 11) is 1.47. The molecule has 1 aromatic heterocycles. The Hall–Kier alpha value is -1.29. The van der Waals surface area contributed by atoms with Gasteiger partial charge in [0, 0.05) is 46.8 Å². The van der Waals surface area contributed by atoms with Gasteiger partial charge in [-0.2, -0.15) is 0 Å². The number of carbonyl (C=O) groups excluding carboxylic acids is 1. The lowest BCUT2D eigenvalue weighted by atomic mass is 10.0. The summed E-state index contributed by atoms with van der Waals surface area (Å²) in [5, 5.41) is 12.1. The fourth-order valence-electron chi connectivity index (χ4n) is 2.15. The van der Waals surface area contributed by atoms with Gasteiger partial charge in [-0.15, -0.1) is 0 Å². The normalized spacial score (nSPS) is 12.3. The molecule has 0 spiro atoms. The SMILES string of the molecule is CCOC(=O)C(Cc1cccc2ccn(SI)c12)[N+](=O)[O-]. The van der Waals surface area contributed by atoms with E-state index >= 15 is 0 Å². The molecule has 0 radical (unpaired) electrons. The van der Waals surface area contributed by atoms with Crippen LogP contribution in [0, 0.1) is 10.1 Å². The van der Waals surface area contributed by atoms with Crippen LogP contribution in [0.15, 0.2) is 30.5 Å². The third kappa shape index (κ3) is 3.49. The molecule has 1 unspecified atom stereocenters. The number of esters is 1. The lowest BCUT2D eigenvalue weighted by molar-refractivity contribution is -0.510. The monoisotopic (exact) mass is 420 g/mol. The molecule has 2 rings (SSSR count). The second-order valence-corrected chi connectivity index (χ2v) is 6.04. The van der Waals surface area contributed by atoms with Crippen LogP contribution < -0.4 is 0 Å². The van der Waals surface area contributed by atoms with Crippen LogP contribution >= 0.6 is 30.3 Å². The van der Waals surface area contributed by atoms with E-state index in [1.807, 2.05) is 28.4 Å². The first-order chi connectivity index (χ1) is 10.1. The molecule has 21 heavy (non-hydrogen) atoms. The number of halogens is 1. The summed E-state index contributed by atoms with van der Waals surface area (Å²) in [6, 6.07) is 6.14. The lowest BCUT2D eigenvalue weighted by Crippen LogP contribution is -2.33. The number of aromatic nitrogens is 1. The van der Waals surface area contributed by atoms with Crippen molar-refractivity contribution in [3.05, 3.63) is 46.1 Å². The highest BCUT2D eigenvalue weighted by molar-refractivity contribution is 14.2. The van der Waals surface area contributed by atoms with E-state index in [1.165, 1.54) is 9.12 Å². The summed E-state index contributed by atoms with van der Waals surface area (Å²) < 4.78 is 6.72. The number of hydrogen-bond acceptors (Lipinski definition) is 5. The molecule has 0 bridgehead atoms. The highest BCUT2D eigenvalue weighted by Gasteiger charge is 2.32. The predicted molar refractivity (Wildman–Crippen MR) is 90.1 cm³/mol. The Morgan fingerprint density at radius 3 is 2.90 bits per heavy atom. The maximum atomic E-state index is 11.7. The minimum absolute atomic E-state index is 0.0182. The summed E-state index contributed by atoms with van der Waals surface area (Å²) >= 11 is 2.14. The van der Waals surface area contributed by atoms with Crippen molar-refractivity contribution in [2.24, 2.45) is 0 Å². The first kappa shape index (κ1) is 16.1. The second-order valence-electron chi connectivity index (χ2n) is 4.32. The number of ether oxygens (including phenoxy) is 1. The fraction of sp³-hybridized carbons (Fsp3) is 0.308. The summed E-state index contributed by atoms with van der Waals surface area (Å²) in [5.41, 5.74) is 1.66. The number of carbonyl (C=O) groups is 1. The fourth-order valence-corrected chi connectivity index (χ4v) is 3.53. The lowest BCUT2D eigenvalue weighted by Gasteiger charge is -2.10. The van der Waals surface area contributed by atoms with Crippen LogP contribution in [0.2, 0.25) is 0 Å². The molecule has 0 fully saturated rings. The molecular formula is C13H13IN2O4S. The standard InChI is InChI=1S/C13H13IN2O4S/c1-2-20-13(17)11(16(18)19)8-10-5-3-4-9-6-7-15(21-14)12(9)10/h3-7,11H,2,8H2,1H3. The van der Waals surface area contributed by atoms with Gasteiger partial charge in [0.05, 0.1) is 18.5 Å². The largest absolute Gasteiger partial charge is 0.461 e. The Morgan fingerprint density at radius 2 is 2.29 bits per heavy atom. The molecule has 0 saturated carbocycles. The number of nitrogens with zero attached hydrogens (tertiary/aromatic N) is 2. The Labute approximate surface area is 137 Å². The number of rotatable bonds is 6. The molecule has 6 nitrogen and oxygen atoms in total. The molecule has 1 aromatic carbocycles. The van der Waals surface area contributed by atoms with Crippen LogP contribution in [0.1, 0.15) is 12.5 Å². The number of nitro groups is 1. The van der Waals surface area contributed by atoms with Gasteiger partial charge in [0.25, 0.3) is 0 Å². The molecule has 0 aliphatic heterocycles. The van der Waals surface area contributed by atoms with E-state index in [0.29, 0.717) is 0 Å². The maximum absolute atomic E-state index is 11.7. The maximum Gasteiger partial charge on any atom is 0.382 e. The minimum Gasteiger partial charge on any atom is -0.461 e. The van der Waals surface area contributed by atoms with Gasteiger partial charge < -0.3 is 4.74 Å². The average molecular weight is 420 g/mol. The van der Waals surface area contributed by atoms with Gasteiger partial charge in [-0.05, 0) is 18.6 Å². The minimum atomic E-state index is -1.38. The Kier molecular flexibility index (Phi) is 5.45. The topological polar surface area (TPSA) is 74.4 Å². The summed E-state index contributed by atoms with van der Waals surface area (Å²) in [6.07, 6.45) is 1.92. The van der Waals surface area contributed by atoms with Gasteiger partial charge >= 0.3 is 12.0 Å². The number of hydrogen-bond donors (Lipinski definition) is 0. The van der Waals surface area contributed by atoms with Gasteiger partial charge in [-0.25, -0.2) is 4.79 Å². The van der Waals surface area contributed by atoms with Crippen molar-refractivity contribution in [1.29, 1.82) is 0 Å². The molecule has 1 heterocycles. The van der Waals surface area contributed by atoms with Crippen molar-refractivity contribution in [3.8, 4) is 0 Å². The highest BCUT2D eigenvalue weighted by Crippen LogP contribution is 2.28. The zero-order valence-electron chi connectivity index (χ0n) is 11.2. The molecule has 0 aliphatic rings. The molecule has 8 heteroatoms. The van der Waals surface area contributed by atoms with E-state index in [4.69, 9.17) is 4.74 Å². The average Bonchev–Trinajstić information content (AvgIpc) is 2.88. The molecular weight excluding hydrogens is 407 g/mol. The van der Waals surface area contributed by atoms with Gasteiger partial charge in [0.15, 0.2) is 0 Å². The van der Waals surface area contributed by atoms with Gasteiger partial charge in [0.2, 0.25) is 0 Å². The van der Waals surface area contributed by atoms with E-state index in [9.17, 15) is 14.9 Å². The van der Waals surface area contributed by atoms with Crippen LogP contribution in [0.25, 0.3) is 10.9 Å². The highest BCUT2D eigenvalue weighted by atomic mass is 127. The second kappa shape index (κ2) is 7.12. The van der Waals surface area contributed by atoms with Crippen molar-refractivity contribution in [2.75, 3.05) is 6.61 Å². The van der Waals surface area contributed by atoms with Crippen LogP contribution in [-0.4, -0.2) is 27.5 Å². The van der Waals surface area contributed by atoms with Crippen molar-refractivity contribution in [1.82, 2.24) is 3.97 Å². The molecule has 0 saturated heterocycles. The summed E-state index contributed by atoms with van der Waals surface area (Å²) in [6.45, 7) is 1.76. The van der Waals surface area contributed by atoms with Gasteiger partial charge in [0.1, 0.15) is 0 Å². The van der Waals surface area contributed by atoms with E-state index < -0.39 is 16.9 Å². The van der Waals surface area contributed by atoms with Crippen LogP contribution in [0.4, 0.5) is 0 Å². The molecule has 0 N–H and O–H groups in total. The zero-order chi connectivity index (χ0) is 15.4. The van der Waals surface area contributed by atoms with Gasteiger partial charge in [-0.1, -0.05) is 18.2 Å². The van der Waals surface area contributed by atoms with Crippen LogP contribution in [0.5, 0.6) is 0 Å². The first-order valence-corrected chi connectivity index (χ1v) is 9.58. The number of fused-ring (bicyclic) bond motifs is 1. The third-order valence-electron chi connectivity index (χ3n) is 3.06. The molecule has 0 amide bonds. The third-order valence-corrected chi connectivity index (χ3v) is 4.79. The van der Waals surface area contributed by atoms with Crippen molar-refractivity contribution in [3.63, 3.8) is 0 Å².